The average molecular weight is 247 g/mol. The molecule has 1 fully saturated rings. The minimum Gasteiger partial charge on any atom is -0.490 e. The fourth-order valence-corrected chi connectivity index (χ4v) is 1.90. The summed E-state index contributed by atoms with van der Waals surface area (Å²) < 4.78 is 10.7. The van der Waals surface area contributed by atoms with Crippen LogP contribution in [-0.2, 0) is 4.74 Å². The Morgan fingerprint density at radius 1 is 1.47 bits per heavy atom. The summed E-state index contributed by atoms with van der Waals surface area (Å²) in [6.07, 6.45) is 0.248. The third kappa shape index (κ3) is 2.39. The highest BCUT2D eigenvalue weighted by atomic mass is 35.5. The lowest BCUT2D eigenvalue weighted by atomic mass is 10.1. The van der Waals surface area contributed by atoms with E-state index in [4.69, 9.17) is 32.7 Å². The minimum absolute atomic E-state index is 0.248. The second-order valence-electron chi connectivity index (χ2n) is 3.71. The van der Waals surface area contributed by atoms with Gasteiger partial charge in [0.05, 0.1) is 16.7 Å². The van der Waals surface area contributed by atoms with Crippen molar-refractivity contribution in [2.24, 2.45) is 0 Å². The molecule has 2 nitrogen and oxygen atoms in total. The monoisotopic (exact) mass is 246 g/mol. The number of ether oxygens (including phenoxy) is 2. The molecule has 1 aliphatic rings. The molecular weight excluding hydrogens is 235 g/mol. The lowest BCUT2D eigenvalue weighted by Gasteiger charge is -2.13. The molecule has 1 aromatic rings. The molecule has 4 heteroatoms. The van der Waals surface area contributed by atoms with Crippen molar-refractivity contribution >= 4 is 23.2 Å². The van der Waals surface area contributed by atoms with E-state index in [0.29, 0.717) is 16.7 Å². The molecule has 15 heavy (non-hydrogen) atoms. The predicted molar refractivity (Wildman–Crippen MR) is 61.2 cm³/mol. The molecule has 1 saturated heterocycles. The number of halogens is 2. The van der Waals surface area contributed by atoms with Crippen LogP contribution in [0, 0.1) is 13.8 Å². The van der Waals surface area contributed by atoms with Gasteiger partial charge in [-0.3, -0.25) is 0 Å². The van der Waals surface area contributed by atoms with Crippen molar-refractivity contribution in [2.45, 2.75) is 20.0 Å². The summed E-state index contributed by atoms with van der Waals surface area (Å²) in [7, 11) is 0. The maximum absolute atomic E-state index is 6.04. The Morgan fingerprint density at radius 2 is 2.13 bits per heavy atom. The molecule has 0 aromatic heterocycles. The largest absolute Gasteiger partial charge is 0.490 e. The summed E-state index contributed by atoms with van der Waals surface area (Å²) in [4.78, 5) is 0. The Morgan fingerprint density at radius 3 is 2.73 bits per heavy atom. The molecule has 1 aliphatic heterocycles. The van der Waals surface area contributed by atoms with Gasteiger partial charge in [-0.2, -0.15) is 0 Å². The maximum Gasteiger partial charge on any atom is 0.126 e. The number of epoxide rings is 1. The van der Waals surface area contributed by atoms with Gasteiger partial charge in [-0.1, -0.05) is 23.2 Å². The molecule has 0 spiro atoms. The molecule has 1 heterocycles. The summed E-state index contributed by atoms with van der Waals surface area (Å²) in [6.45, 7) is 5.24. The van der Waals surface area contributed by atoms with Gasteiger partial charge in [0.25, 0.3) is 0 Å². The predicted octanol–water partition coefficient (Wildman–Crippen LogP) is 3.39. The van der Waals surface area contributed by atoms with Gasteiger partial charge in [-0.05, 0) is 25.5 Å². The van der Waals surface area contributed by atoms with Crippen molar-refractivity contribution in [3.8, 4) is 5.75 Å². The molecule has 0 radical (unpaired) electrons. The molecule has 1 aromatic carbocycles. The Kier molecular flexibility index (Phi) is 3.10. The number of benzene rings is 1. The van der Waals surface area contributed by atoms with E-state index >= 15 is 0 Å². The van der Waals surface area contributed by atoms with Crippen LogP contribution >= 0.6 is 23.2 Å². The Labute approximate surface area is 99.1 Å². The van der Waals surface area contributed by atoms with Crippen LogP contribution < -0.4 is 4.74 Å². The Bertz CT molecular complexity index is 387. The highest BCUT2D eigenvalue weighted by Gasteiger charge is 2.24. The lowest BCUT2D eigenvalue weighted by Crippen LogP contribution is -2.06. The summed E-state index contributed by atoms with van der Waals surface area (Å²) in [6, 6.07) is 1.82. The molecule has 82 valence electrons. The SMILES string of the molecule is Cc1cc(Cl)c(Cl)c(C)c1OCC1CO1. The smallest absolute Gasteiger partial charge is 0.126 e. The second kappa shape index (κ2) is 4.20. The van der Waals surface area contributed by atoms with Crippen LogP contribution in [0.15, 0.2) is 6.07 Å². The summed E-state index contributed by atoms with van der Waals surface area (Å²) in [5.74, 6) is 0.819. The number of hydrogen-bond donors (Lipinski definition) is 0. The van der Waals surface area contributed by atoms with Crippen molar-refractivity contribution in [2.75, 3.05) is 13.2 Å². The highest BCUT2D eigenvalue weighted by molar-refractivity contribution is 6.42. The van der Waals surface area contributed by atoms with E-state index in [1.54, 1.807) is 0 Å². The van der Waals surface area contributed by atoms with Crippen molar-refractivity contribution in [1.29, 1.82) is 0 Å². The Hall–Kier alpha value is -0.440. The van der Waals surface area contributed by atoms with Crippen LogP contribution in [0.4, 0.5) is 0 Å². The number of rotatable bonds is 3. The molecule has 2 rings (SSSR count). The first-order valence-corrected chi connectivity index (χ1v) is 5.54. The van der Waals surface area contributed by atoms with E-state index in [-0.39, 0.29) is 6.10 Å². The van der Waals surface area contributed by atoms with Gasteiger partial charge >= 0.3 is 0 Å². The van der Waals surface area contributed by atoms with Gasteiger partial charge < -0.3 is 9.47 Å². The van der Waals surface area contributed by atoms with Crippen molar-refractivity contribution in [1.82, 2.24) is 0 Å². The van der Waals surface area contributed by atoms with Crippen LogP contribution in [0.1, 0.15) is 11.1 Å². The van der Waals surface area contributed by atoms with E-state index in [1.165, 1.54) is 0 Å². The van der Waals surface area contributed by atoms with E-state index in [2.05, 4.69) is 0 Å². The topological polar surface area (TPSA) is 21.8 Å². The van der Waals surface area contributed by atoms with Gasteiger partial charge in [0.15, 0.2) is 0 Å². The molecule has 0 aliphatic carbocycles. The zero-order valence-electron chi connectivity index (χ0n) is 8.64. The molecule has 1 unspecified atom stereocenters. The molecule has 0 saturated carbocycles. The van der Waals surface area contributed by atoms with Gasteiger partial charge in [0, 0.05) is 5.56 Å². The van der Waals surface area contributed by atoms with Crippen molar-refractivity contribution in [3.63, 3.8) is 0 Å². The number of aryl methyl sites for hydroxylation is 1. The van der Waals surface area contributed by atoms with Crippen molar-refractivity contribution < 1.29 is 9.47 Å². The summed E-state index contributed by atoms with van der Waals surface area (Å²) >= 11 is 12.0. The highest BCUT2D eigenvalue weighted by Crippen LogP contribution is 2.35. The van der Waals surface area contributed by atoms with Crippen LogP contribution in [0.25, 0.3) is 0 Å². The van der Waals surface area contributed by atoms with E-state index in [1.807, 2.05) is 19.9 Å². The lowest BCUT2D eigenvalue weighted by molar-refractivity contribution is 0.260. The fraction of sp³-hybridized carbons (Fsp3) is 0.455. The van der Waals surface area contributed by atoms with E-state index < -0.39 is 0 Å². The number of hydrogen-bond acceptors (Lipinski definition) is 2. The van der Waals surface area contributed by atoms with Crippen LogP contribution in [0.3, 0.4) is 0 Å². The fourth-order valence-electron chi connectivity index (χ4n) is 1.46. The summed E-state index contributed by atoms with van der Waals surface area (Å²) in [5, 5.41) is 1.13. The third-order valence-electron chi connectivity index (χ3n) is 2.40. The average Bonchev–Trinajstić information content (AvgIpc) is 2.98. The normalized spacial score (nSPS) is 19.1. The van der Waals surface area contributed by atoms with Crippen LogP contribution in [0.2, 0.25) is 10.0 Å². The molecule has 0 bridgehead atoms. The van der Waals surface area contributed by atoms with E-state index in [0.717, 1.165) is 23.5 Å². The summed E-state index contributed by atoms with van der Waals surface area (Å²) in [5.41, 5.74) is 1.89. The van der Waals surface area contributed by atoms with Gasteiger partial charge in [0.2, 0.25) is 0 Å². The third-order valence-corrected chi connectivity index (χ3v) is 3.28. The van der Waals surface area contributed by atoms with Crippen LogP contribution in [0.5, 0.6) is 5.75 Å². The standard InChI is InChI=1S/C11H12Cl2O2/c1-6-3-9(12)10(13)7(2)11(6)15-5-8-4-14-8/h3,8H,4-5H2,1-2H3. The molecular formula is C11H12Cl2O2. The van der Waals surface area contributed by atoms with Gasteiger partial charge in [0.1, 0.15) is 18.5 Å². The zero-order chi connectivity index (χ0) is 11.0. The molecule has 0 N–H and O–H groups in total. The first-order chi connectivity index (χ1) is 7.09. The van der Waals surface area contributed by atoms with E-state index in [9.17, 15) is 0 Å². The molecule has 1 atom stereocenters. The Balaban J connectivity index is 2.23. The van der Waals surface area contributed by atoms with Crippen LogP contribution in [-0.4, -0.2) is 19.3 Å². The van der Waals surface area contributed by atoms with Gasteiger partial charge in [-0.15, -0.1) is 0 Å². The first-order valence-electron chi connectivity index (χ1n) is 4.79. The molecule has 0 amide bonds. The zero-order valence-corrected chi connectivity index (χ0v) is 10.2. The van der Waals surface area contributed by atoms with Crippen molar-refractivity contribution in [3.05, 3.63) is 27.2 Å². The minimum atomic E-state index is 0.248. The maximum atomic E-state index is 6.04. The van der Waals surface area contributed by atoms with Gasteiger partial charge in [-0.25, -0.2) is 0 Å². The second-order valence-corrected chi connectivity index (χ2v) is 4.49. The quantitative estimate of drug-likeness (QED) is 0.763. The first kappa shape index (κ1) is 11.1.